The van der Waals surface area contributed by atoms with E-state index in [1.165, 1.54) is 6.07 Å². The molecule has 0 radical (unpaired) electrons. The molecule has 0 aliphatic carbocycles. The molecule has 3 rings (SSSR count). The van der Waals surface area contributed by atoms with Crippen LogP contribution in [0.4, 0.5) is 4.39 Å². The number of benzene rings is 1. The summed E-state index contributed by atoms with van der Waals surface area (Å²) in [4.78, 5) is 18.1. The molecule has 2 heterocycles. The second-order valence-corrected chi connectivity index (χ2v) is 4.15. The number of imidazole rings is 1. The van der Waals surface area contributed by atoms with Gasteiger partial charge in [-0.25, -0.2) is 14.2 Å². The first-order valence-corrected chi connectivity index (χ1v) is 5.54. The first-order chi connectivity index (χ1) is 9.04. The van der Waals surface area contributed by atoms with Crippen molar-refractivity contribution in [2.45, 2.75) is 6.92 Å². The minimum atomic E-state index is -1.22. The Morgan fingerprint density at radius 3 is 2.84 bits per heavy atom. The van der Waals surface area contributed by atoms with Crippen molar-refractivity contribution in [2.24, 2.45) is 0 Å². The zero-order valence-corrected chi connectivity index (χ0v) is 9.90. The molecule has 6 heteroatoms. The second-order valence-electron chi connectivity index (χ2n) is 4.15. The monoisotopic (exact) mass is 260 g/mol. The average molecular weight is 260 g/mol. The van der Waals surface area contributed by atoms with Gasteiger partial charge in [-0.1, -0.05) is 0 Å². The van der Waals surface area contributed by atoms with Crippen LogP contribution in [0.1, 0.15) is 16.1 Å². The summed E-state index contributed by atoms with van der Waals surface area (Å²) < 4.78 is 18.7. The lowest BCUT2D eigenvalue weighted by molar-refractivity contribution is 0.0698. The van der Waals surface area contributed by atoms with Crippen LogP contribution in [0.5, 0.6) is 0 Å². The van der Waals surface area contributed by atoms with Crippen molar-refractivity contribution in [3.63, 3.8) is 0 Å². The maximum absolute atomic E-state index is 13.3. The predicted octanol–water partition coefficient (Wildman–Crippen LogP) is 2.97. The van der Waals surface area contributed by atoms with Gasteiger partial charge in [-0.15, -0.1) is 0 Å². The fraction of sp³-hybridized carbons (Fsp3) is 0.0769. The summed E-state index contributed by atoms with van der Waals surface area (Å²) in [7, 11) is 0. The molecular weight excluding hydrogens is 251 g/mol. The standard InChI is InChI=1S/C13H9FN2O3/c1-6-2-3-10(19-6)12-15-9-5-7(14)4-8(13(17)18)11(9)16-12/h2-5H,1H3,(H,15,16)(H,17,18). The number of fused-ring (bicyclic) bond motifs is 1. The lowest BCUT2D eigenvalue weighted by Gasteiger charge is -1.95. The zero-order chi connectivity index (χ0) is 13.6. The van der Waals surface area contributed by atoms with Crippen LogP contribution < -0.4 is 0 Å². The third kappa shape index (κ3) is 1.87. The molecule has 5 nitrogen and oxygen atoms in total. The Morgan fingerprint density at radius 1 is 1.42 bits per heavy atom. The van der Waals surface area contributed by atoms with E-state index in [1.807, 2.05) is 0 Å². The Morgan fingerprint density at radius 2 is 2.21 bits per heavy atom. The largest absolute Gasteiger partial charge is 0.478 e. The first-order valence-electron chi connectivity index (χ1n) is 5.54. The fourth-order valence-electron chi connectivity index (χ4n) is 1.92. The normalized spacial score (nSPS) is 11.1. The molecule has 19 heavy (non-hydrogen) atoms. The zero-order valence-electron chi connectivity index (χ0n) is 9.90. The number of aryl methyl sites for hydroxylation is 1. The Kier molecular flexibility index (Phi) is 2.38. The molecular formula is C13H9FN2O3. The van der Waals surface area contributed by atoms with Crippen molar-refractivity contribution in [1.82, 2.24) is 9.97 Å². The number of halogens is 1. The van der Waals surface area contributed by atoms with Crippen LogP contribution in [0.3, 0.4) is 0 Å². The van der Waals surface area contributed by atoms with Crippen molar-refractivity contribution in [2.75, 3.05) is 0 Å². The summed E-state index contributed by atoms with van der Waals surface area (Å²) in [5.41, 5.74) is 0.347. The maximum Gasteiger partial charge on any atom is 0.338 e. The number of H-pyrrole nitrogens is 1. The highest BCUT2D eigenvalue weighted by Gasteiger charge is 2.16. The number of nitrogens with one attached hydrogen (secondary N) is 1. The van der Waals surface area contributed by atoms with Gasteiger partial charge < -0.3 is 14.5 Å². The van der Waals surface area contributed by atoms with E-state index in [-0.39, 0.29) is 11.1 Å². The third-order valence-electron chi connectivity index (χ3n) is 2.76. The van der Waals surface area contributed by atoms with Gasteiger partial charge in [0.1, 0.15) is 17.1 Å². The number of hydrogen-bond donors (Lipinski definition) is 2. The first kappa shape index (κ1) is 11.5. The molecule has 2 aromatic heterocycles. The molecule has 0 unspecified atom stereocenters. The lowest BCUT2D eigenvalue weighted by atomic mass is 10.2. The summed E-state index contributed by atoms with van der Waals surface area (Å²) in [5.74, 6) is -0.296. The minimum Gasteiger partial charge on any atom is -0.478 e. The number of rotatable bonds is 2. The number of aromatic nitrogens is 2. The molecule has 0 aliphatic rings. The molecule has 0 atom stereocenters. The van der Waals surface area contributed by atoms with E-state index in [0.717, 1.165) is 6.07 Å². The molecule has 2 N–H and O–H groups in total. The summed E-state index contributed by atoms with van der Waals surface area (Å²) in [6.45, 7) is 1.79. The molecule has 3 aromatic rings. The number of hydrogen-bond acceptors (Lipinski definition) is 3. The highest BCUT2D eigenvalue weighted by atomic mass is 19.1. The van der Waals surface area contributed by atoms with Gasteiger partial charge in [0.2, 0.25) is 0 Å². The van der Waals surface area contributed by atoms with Gasteiger partial charge in [0.25, 0.3) is 0 Å². The number of carboxylic acids is 1. The van der Waals surface area contributed by atoms with E-state index in [2.05, 4.69) is 9.97 Å². The van der Waals surface area contributed by atoms with Gasteiger partial charge in [-0.3, -0.25) is 0 Å². The van der Waals surface area contributed by atoms with Crippen LogP contribution in [0.2, 0.25) is 0 Å². The second kappa shape index (κ2) is 3.94. The molecule has 96 valence electrons. The number of aromatic amines is 1. The van der Waals surface area contributed by atoms with Gasteiger partial charge in [-0.05, 0) is 31.2 Å². The molecule has 0 saturated heterocycles. The van der Waals surface area contributed by atoms with E-state index >= 15 is 0 Å². The lowest BCUT2D eigenvalue weighted by Crippen LogP contribution is -1.98. The van der Waals surface area contributed by atoms with Crippen LogP contribution in [0.15, 0.2) is 28.7 Å². The van der Waals surface area contributed by atoms with Gasteiger partial charge in [-0.2, -0.15) is 0 Å². The Hall–Kier alpha value is -2.63. The van der Waals surface area contributed by atoms with Crippen LogP contribution >= 0.6 is 0 Å². The van der Waals surface area contributed by atoms with Crippen molar-refractivity contribution >= 4 is 17.0 Å². The van der Waals surface area contributed by atoms with Gasteiger partial charge in [0, 0.05) is 0 Å². The van der Waals surface area contributed by atoms with E-state index in [4.69, 9.17) is 9.52 Å². The number of furan rings is 1. The van der Waals surface area contributed by atoms with Crippen molar-refractivity contribution in [3.05, 3.63) is 41.4 Å². The van der Waals surface area contributed by atoms with Crippen molar-refractivity contribution < 1.29 is 18.7 Å². The van der Waals surface area contributed by atoms with E-state index in [0.29, 0.717) is 22.9 Å². The highest BCUT2D eigenvalue weighted by molar-refractivity contribution is 6.01. The molecule has 0 bridgehead atoms. The van der Waals surface area contributed by atoms with E-state index in [1.54, 1.807) is 19.1 Å². The fourth-order valence-corrected chi connectivity index (χ4v) is 1.92. The van der Waals surface area contributed by atoms with Crippen molar-refractivity contribution in [1.29, 1.82) is 0 Å². The molecule has 0 aliphatic heterocycles. The minimum absolute atomic E-state index is 0.180. The summed E-state index contributed by atoms with van der Waals surface area (Å²) in [6.07, 6.45) is 0. The Labute approximate surface area is 106 Å². The van der Waals surface area contributed by atoms with Crippen LogP contribution in [0.25, 0.3) is 22.6 Å². The number of carbonyl (C=O) groups is 1. The van der Waals surface area contributed by atoms with Crippen LogP contribution in [-0.4, -0.2) is 21.0 Å². The predicted molar refractivity (Wildman–Crippen MR) is 65.5 cm³/mol. The smallest absolute Gasteiger partial charge is 0.338 e. The maximum atomic E-state index is 13.3. The Balaban J connectivity index is 2.25. The van der Waals surface area contributed by atoms with Gasteiger partial charge >= 0.3 is 5.97 Å². The molecule has 0 saturated carbocycles. The third-order valence-corrected chi connectivity index (χ3v) is 2.76. The van der Waals surface area contributed by atoms with Gasteiger partial charge in [0.15, 0.2) is 11.6 Å². The van der Waals surface area contributed by atoms with Crippen molar-refractivity contribution in [3.8, 4) is 11.6 Å². The van der Waals surface area contributed by atoms with E-state index < -0.39 is 11.8 Å². The topological polar surface area (TPSA) is 79.1 Å². The molecule has 0 fully saturated rings. The van der Waals surface area contributed by atoms with Crippen LogP contribution in [-0.2, 0) is 0 Å². The SMILES string of the molecule is Cc1ccc(-c2nc3c(C(=O)O)cc(F)cc3[nH]2)o1. The molecule has 0 spiro atoms. The van der Waals surface area contributed by atoms with Gasteiger partial charge in [0.05, 0.1) is 11.1 Å². The molecule has 1 aromatic carbocycles. The Bertz CT molecular complexity index is 788. The highest BCUT2D eigenvalue weighted by Crippen LogP contribution is 2.25. The number of carboxylic acid groups (broad SMARTS) is 1. The average Bonchev–Trinajstić information content (AvgIpc) is 2.93. The summed E-state index contributed by atoms with van der Waals surface area (Å²) in [5, 5.41) is 9.05. The number of aromatic carboxylic acids is 1. The van der Waals surface area contributed by atoms with Crippen LogP contribution in [0, 0.1) is 12.7 Å². The quantitative estimate of drug-likeness (QED) is 0.742. The number of nitrogens with zero attached hydrogens (tertiary/aromatic N) is 1. The van der Waals surface area contributed by atoms with E-state index in [9.17, 15) is 9.18 Å². The summed E-state index contributed by atoms with van der Waals surface area (Å²) >= 11 is 0. The molecule has 0 amide bonds. The summed E-state index contributed by atoms with van der Waals surface area (Å²) in [6, 6.07) is 5.63.